The molecule has 0 spiro atoms. The number of aromatic nitrogens is 1. The molecule has 5 heteroatoms. The van der Waals surface area contributed by atoms with Gasteiger partial charge < -0.3 is 14.6 Å². The van der Waals surface area contributed by atoms with Gasteiger partial charge in [0.1, 0.15) is 0 Å². The number of hydrogen-bond acceptors (Lipinski definition) is 3. The molecule has 0 fully saturated rings. The quantitative estimate of drug-likeness (QED) is 0.718. The van der Waals surface area contributed by atoms with Crippen molar-refractivity contribution in [2.75, 3.05) is 0 Å². The third kappa shape index (κ3) is 1.94. The average Bonchev–Trinajstić information content (AvgIpc) is 2.68. The zero-order valence-electron chi connectivity index (χ0n) is 8.67. The van der Waals surface area contributed by atoms with Crippen LogP contribution < -0.4 is 5.46 Å². The van der Waals surface area contributed by atoms with Crippen molar-refractivity contribution in [1.29, 1.82) is 5.26 Å². The Morgan fingerprint density at radius 3 is 2.81 bits per heavy atom. The molecule has 0 bridgehead atoms. The van der Waals surface area contributed by atoms with Gasteiger partial charge in [0.25, 0.3) is 0 Å². The van der Waals surface area contributed by atoms with Gasteiger partial charge in [-0.3, -0.25) is 0 Å². The molecule has 16 heavy (non-hydrogen) atoms. The van der Waals surface area contributed by atoms with Crippen molar-refractivity contribution in [3.8, 4) is 6.07 Å². The van der Waals surface area contributed by atoms with Crippen LogP contribution in [-0.4, -0.2) is 21.7 Å². The highest BCUT2D eigenvalue weighted by Crippen LogP contribution is 2.14. The molecule has 2 aromatic rings. The lowest BCUT2D eigenvalue weighted by Gasteiger charge is -2.04. The van der Waals surface area contributed by atoms with Crippen LogP contribution in [-0.2, 0) is 6.54 Å². The molecule has 0 unspecified atom stereocenters. The van der Waals surface area contributed by atoms with E-state index in [2.05, 4.69) is 6.07 Å². The van der Waals surface area contributed by atoms with Gasteiger partial charge in [0.05, 0.1) is 12.5 Å². The van der Waals surface area contributed by atoms with Crippen molar-refractivity contribution in [2.45, 2.75) is 13.0 Å². The van der Waals surface area contributed by atoms with Crippen molar-refractivity contribution in [3.63, 3.8) is 0 Å². The average molecular weight is 214 g/mol. The Hall–Kier alpha value is -1.77. The largest absolute Gasteiger partial charge is 0.488 e. The van der Waals surface area contributed by atoms with Gasteiger partial charge >= 0.3 is 7.12 Å². The van der Waals surface area contributed by atoms with Crippen molar-refractivity contribution in [1.82, 2.24) is 4.57 Å². The number of benzene rings is 1. The number of nitriles is 1. The van der Waals surface area contributed by atoms with Gasteiger partial charge in [-0.15, -0.1) is 0 Å². The van der Waals surface area contributed by atoms with Crippen molar-refractivity contribution < 1.29 is 10.0 Å². The summed E-state index contributed by atoms with van der Waals surface area (Å²) in [7, 11) is -1.45. The third-order valence-corrected chi connectivity index (χ3v) is 2.56. The molecular formula is C11H11BN2O2. The van der Waals surface area contributed by atoms with E-state index < -0.39 is 7.12 Å². The topological polar surface area (TPSA) is 69.2 Å². The van der Waals surface area contributed by atoms with E-state index in [4.69, 9.17) is 15.3 Å². The van der Waals surface area contributed by atoms with Gasteiger partial charge in [0.15, 0.2) is 0 Å². The molecule has 0 aliphatic heterocycles. The summed E-state index contributed by atoms with van der Waals surface area (Å²) < 4.78 is 1.93. The Morgan fingerprint density at radius 2 is 2.12 bits per heavy atom. The first-order valence-electron chi connectivity index (χ1n) is 5.04. The molecule has 0 radical (unpaired) electrons. The summed E-state index contributed by atoms with van der Waals surface area (Å²) in [5.41, 5.74) is 1.38. The molecule has 0 amide bonds. The molecule has 0 atom stereocenters. The minimum absolute atomic E-state index is 0.440. The monoisotopic (exact) mass is 214 g/mol. The molecule has 4 nitrogen and oxygen atoms in total. The van der Waals surface area contributed by atoms with Gasteiger partial charge in [-0.05, 0) is 23.0 Å². The van der Waals surface area contributed by atoms with E-state index in [9.17, 15) is 0 Å². The van der Waals surface area contributed by atoms with Gasteiger partial charge in [-0.1, -0.05) is 12.1 Å². The summed E-state index contributed by atoms with van der Waals surface area (Å²) in [6.45, 7) is 0.616. The highest BCUT2D eigenvalue weighted by molar-refractivity contribution is 6.58. The van der Waals surface area contributed by atoms with Gasteiger partial charge in [0.2, 0.25) is 0 Å². The first-order chi connectivity index (χ1) is 7.72. The highest BCUT2D eigenvalue weighted by atomic mass is 16.4. The van der Waals surface area contributed by atoms with Crippen LogP contribution in [0.15, 0.2) is 30.5 Å². The van der Waals surface area contributed by atoms with E-state index in [0.29, 0.717) is 18.4 Å². The van der Waals surface area contributed by atoms with Crippen molar-refractivity contribution in [2.24, 2.45) is 0 Å². The number of hydrogen-bond donors (Lipinski definition) is 2. The number of aryl methyl sites for hydroxylation is 1. The standard InChI is InChI=1S/C11H11BN2O2/c13-5-1-6-14-7-4-9-2-3-10(12(15)16)8-11(9)14/h2-4,7-8,15-16H,1,6H2. The maximum atomic E-state index is 9.08. The van der Waals surface area contributed by atoms with E-state index >= 15 is 0 Å². The predicted molar refractivity (Wildman–Crippen MR) is 62.0 cm³/mol. The van der Waals surface area contributed by atoms with E-state index in [0.717, 1.165) is 10.9 Å². The molecule has 2 rings (SSSR count). The summed E-state index contributed by atoms with van der Waals surface area (Å²) in [6.07, 6.45) is 2.34. The Morgan fingerprint density at radius 1 is 1.31 bits per heavy atom. The fourth-order valence-corrected chi connectivity index (χ4v) is 1.73. The van der Waals surface area contributed by atoms with Crippen LogP contribution in [0.3, 0.4) is 0 Å². The lowest BCUT2D eigenvalue weighted by atomic mass is 9.80. The van der Waals surface area contributed by atoms with Crippen LogP contribution in [0.4, 0.5) is 0 Å². The summed E-state index contributed by atoms with van der Waals surface area (Å²) in [5.74, 6) is 0. The third-order valence-electron chi connectivity index (χ3n) is 2.56. The summed E-state index contributed by atoms with van der Waals surface area (Å²) in [5, 5.41) is 27.7. The molecule has 0 aliphatic rings. The maximum absolute atomic E-state index is 9.08. The zero-order valence-corrected chi connectivity index (χ0v) is 8.67. The zero-order chi connectivity index (χ0) is 11.5. The molecule has 1 heterocycles. The first kappa shape index (κ1) is 10.7. The van der Waals surface area contributed by atoms with E-state index in [1.165, 1.54) is 0 Å². The number of rotatable bonds is 3. The molecular weight excluding hydrogens is 203 g/mol. The minimum atomic E-state index is -1.45. The van der Waals surface area contributed by atoms with Gasteiger partial charge in [0, 0.05) is 18.3 Å². The van der Waals surface area contributed by atoms with E-state index in [-0.39, 0.29) is 0 Å². The van der Waals surface area contributed by atoms with Crippen LogP contribution in [0.2, 0.25) is 0 Å². The second-order valence-electron chi connectivity index (χ2n) is 3.61. The molecule has 2 N–H and O–H groups in total. The van der Waals surface area contributed by atoms with Crippen LogP contribution in [0.5, 0.6) is 0 Å². The fourth-order valence-electron chi connectivity index (χ4n) is 1.73. The summed E-state index contributed by atoms with van der Waals surface area (Å²) in [6, 6.07) is 9.29. The molecule has 0 saturated carbocycles. The normalized spacial score (nSPS) is 10.3. The first-order valence-corrected chi connectivity index (χ1v) is 5.04. The molecule has 0 aliphatic carbocycles. The number of fused-ring (bicyclic) bond motifs is 1. The molecule has 0 saturated heterocycles. The highest BCUT2D eigenvalue weighted by Gasteiger charge is 2.12. The maximum Gasteiger partial charge on any atom is 0.488 e. The second kappa shape index (κ2) is 4.39. The van der Waals surface area contributed by atoms with Gasteiger partial charge in [-0.25, -0.2) is 0 Å². The predicted octanol–water partition coefficient (Wildman–Crippen LogP) is 0.235. The Labute approximate surface area is 93.5 Å². The van der Waals surface area contributed by atoms with E-state index in [1.807, 2.05) is 22.9 Å². The lowest BCUT2D eigenvalue weighted by Crippen LogP contribution is -2.29. The SMILES string of the molecule is N#CCCn1ccc2ccc(B(O)O)cc21. The number of nitrogens with zero attached hydrogens (tertiary/aromatic N) is 2. The lowest BCUT2D eigenvalue weighted by molar-refractivity contribution is 0.426. The van der Waals surface area contributed by atoms with Crippen molar-refractivity contribution >= 4 is 23.5 Å². The minimum Gasteiger partial charge on any atom is -0.423 e. The smallest absolute Gasteiger partial charge is 0.423 e. The Kier molecular flexibility index (Phi) is 2.95. The Bertz CT molecular complexity index is 542. The second-order valence-corrected chi connectivity index (χ2v) is 3.61. The summed E-state index contributed by atoms with van der Waals surface area (Å²) >= 11 is 0. The molecule has 80 valence electrons. The van der Waals surface area contributed by atoms with Gasteiger partial charge in [-0.2, -0.15) is 5.26 Å². The summed E-state index contributed by atoms with van der Waals surface area (Å²) in [4.78, 5) is 0. The van der Waals surface area contributed by atoms with Crippen LogP contribution >= 0.6 is 0 Å². The fraction of sp³-hybridized carbons (Fsp3) is 0.182. The van der Waals surface area contributed by atoms with E-state index in [1.54, 1.807) is 12.1 Å². The van der Waals surface area contributed by atoms with Crippen LogP contribution in [0.25, 0.3) is 10.9 Å². The molecule has 1 aromatic heterocycles. The van der Waals surface area contributed by atoms with Crippen LogP contribution in [0.1, 0.15) is 6.42 Å². The molecule has 1 aromatic carbocycles. The van der Waals surface area contributed by atoms with Crippen LogP contribution in [0, 0.1) is 11.3 Å². The van der Waals surface area contributed by atoms with Crippen molar-refractivity contribution in [3.05, 3.63) is 30.5 Å². The Balaban J connectivity index is 2.44.